The van der Waals surface area contributed by atoms with Crippen LogP contribution in [0.2, 0.25) is 30.1 Å². The average Bonchev–Trinajstić information content (AvgIpc) is 2.58. The molecule has 128 valence electrons. The molecule has 0 spiro atoms. The summed E-state index contributed by atoms with van der Waals surface area (Å²) in [6, 6.07) is 6.66. The van der Waals surface area contributed by atoms with Gasteiger partial charge in [-0.2, -0.15) is 0 Å². The maximum atomic E-state index is 6.37. The van der Waals surface area contributed by atoms with Crippen molar-refractivity contribution in [1.82, 2.24) is 4.98 Å². The summed E-state index contributed by atoms with van der Waals surface area (Å²) in [5.74, 6) is 0. The number of hydrogen-bond acceptors (Lipinski definition) is 1. The molecule has 8 heteroatoms. The third-order valence-electron chi connectivity index (χ3n) is 3.51. The first-order chi connectivity index (χ1) is 11.8. The largest absolute Gasteiger partial charge is 0.263 e. The lowest BCUT2D eigenvalue weighted by Crippen LogP contribution is -1.94. The van der Waals surface area contributed by atoms with Crippen LogP contribution >= 0.6 is 92.2 Å². The van der Waals surface area contributed by atoms with Gasteiger partial charge in [0, 0.05) is 38.2 Å². The van der Waals surface area contributed by atoms with Gasteiger partial charge in [0.05, 0.1) is 30.1 Å². The highest BCUT2D eigenvalue weighted by molar-refractivity contribution is 14.1. The Bertz CT molecular complexity index is 914. The van der Waals surface area contributed by atoms with Gasteiger partial charge in [0.1, 0.15) is 0 Å². The van der Waals surface area contributed by atoms with Crippen LogP contribution in [0.5, 0.6) is 0 Å². The van der Waals surface area contributed by atoms with E-state index in [1.807, 2.05) is 0 Å². The van der Waals surface area contributed by atoms with Gasteiger partial charge in [-0.1, -0.05) is 69.6 Å². The van der Waals surface area contributed by atoms with Gasteiger partial charge < -0.3 is 0 Å². The molecule has 1 nitrogen and oxygen atoms in total. The SMILES string of the molecule is Clc1ccc(Cl)c(-c2cncc(-c3c(Cl)ccc(Cl)c3Cl)c2I)c1Cl. The Morgan fingerprint density at radius 2 is 0.960 bits per heavy atom. The predicted octanol–water partition coefficient (Wildman–Crippen LogP) is 8.94. The van der Waals surface area contributed by atoms with Crippen LogP contribution in [0.1, 0.15) is 0 Å². The summed E-state index contributed by atoms with van der Waals surface area (Å²) >= 11 is 39.9. The van der Waals surface area contributed by atoms with Gasteiger partial charge in [0.2, 0.25) is 0 Å². The number of hydrogen-bond donors (Lipinski definition) is 0. The summed E-state index contributed by atoms with van der Waals surface area (Å²) in [4.78, 5) is 4.30. The first-order valence-corrected chi connectivity index (χ1v) is 10.1. The molecular formula is C17H6Cl6IN. The number of benzene rings is 2. The summed E-state index contributed by atoms with van der Waals surface area (Å²) < 4.78 is 0.824. The van der Waals surface area contributed by atoms with Gasteiger partial charge in [-0.3, -0.25) is 4.98 Å². The zero-order chi connectivity index (χ0) is 18.3. The molecule has 25 heavy (non-hydrogen) atoms. The van der Waals surface area contributed by atoms with Crippen LogP contribution in [0, 0.1) is 3.57 Å². The van der Waals surface area contributed by atoms with E-state index in [1.165, 1.54) is 0 Å². The topological polar surface area (TPSA) is 12.9 Å². The van der Waals surface area contributed by atoms with Crippen LogP contribution in [0.3, 0.4) is 0 Å². The van der Waals surface area contributed by atoms with E-state index in [-0.39, 0.29) is 0 Å². The molecule has 0 fully saturated rings. The lowest BCUT2D eigenvalue weighted by molar-refractivity contribution is 1.31. The molecule has 1 heterocycles. The number of nitrogens with zero attached hydrogens (tertiary/aromatic N) is 1. The van der Waals surface area contributed by atoms with Crippen LogP contribution in [0.4, 0.5) is 0 Å². The predicted molar refractivity (Wildman–Crippen MR) is 118 cm³/mol. The fraction of sp³-hybridized carbons (Fsp3) is 0. The zero-order valence-corrected chi connectivity index (χ0v) is 18.8. The summed E-state index contributed by atoms with van der Waals surface area (Å²) in [6.45, 7) is 0. The van der Waals surface area contributed by atoms with Gasteiger partial charge in [-0.15, -0.1) is 0 Å². The van der Waals surface area contributed by atoms with Crippen molar-refractivity contribution in [2.45, 2.75) is 0 Å². The molecule has 0 saturated carbocycles. The number of aromatic nitrogens is 1. The monoisotopic (exact) mass is 561 g/mol. The lowest BCUT2D eigenvalue weighted by Gasteiger charge is -2.15. The molecule has 0 N–H and O–H groups in total. The third kappa shape index (κ3) is 3.73. The van der Waals surface area contributed by atoms with E-state index in [0.717, 1.165) is 14.7 Å². The lowest BCUT2D eigenvalue weighted by atomic mass is 10.0. The van der Waals surface area contributed by atoms with Crippen molar-refractivity contribution in [3.05, 3.63) is 70.4 Å². The maximum Gasteiger partial charge on any atom is 0.0686 e. The molecule has 2 aromatic carbocycles. The number of pyridine rings is 1. The van der Waals surface area contributed by atoms with E-state index in [1.54, 1.807) is 36.7 Å². The second-order valence-corrected chi connectivity index (χ2v) is 8.45. The standard InChI is InChI=1S/C17H6Cl6IN/c18-9-1-3-11(20)15(22)13(9)7-5-25-6-8(17(7)24)14-10(19)2-4-12(21)16(14)23/h1-6H. The van der Waals surface area contributed by atoms with Crippen molar-refractivity contribution in [2.24, 2.45) is 0 Å². The molecule has 0 saturated heterocycles. The van der Waals surface area contributed by atoms with Gasteiger partial charge in [0.15, 0.2) is 0 Å². The minimum atomic E-state index is 0.356. The van der Waals surface area contributed by atoms with Crippen molar-refractivity contribution < 1.29 is 0 Å². The first kappa shape index (κ1) is 19.8. The quantitative estimate of drug-likeness (QED) is 0.224. The highest BCUT2D eigenvalue weighted by atomic mass is 127. The average molecular weight is 564 g/mol. The van der Waals surface area contributed by atoms with E-state index in [9.17, 15) is 0 Å². The Labute approximate surface area is 188 Å². The molecule has 3 rings (SSSR count). The second-order valence-electron chi connectivity index (χ2n) is 4.98. The van der Waals surface area contributed by atoms with Crippen molar-refractivity contribution >= 4 is 92.2 Å². The molecule has 0 radical (unpaired) electrons. The Kier molecular flexibility index (Phi) is 6.32. The molecule has 0 amide bonds. The fourth-order valence-corrected chi connectivity index (χ4v) is 4.62. The Hall–Kier alpha value is 0.0600. The minimum Gasteiger partial charge on any atom is -0.263 e. The molecule has 0 unspecified atom stereocenters. The van der Waals surface area contributed by atoms with E-state index in [0.29, 0.717) is 41.3 Å². The highest BCUT2D eigenvalue weighted by Gasteiger charge is 2.20. The Morgan fingerprint density at radius 3 is 1.36 bits per heavy atom. The molecule has 0 atom stereocenters. The van der Waals surface area contributed by atoms with Crippen LogP contribution < -0.4 is 0 Å². The summed E-state index contributed by atoms with van der Waals surface area (Å²) in [5, 5.41) is 2.45. The van der Waals surface area contributed by atoms with E-state index >= 15 is 0 Å². The minimum absolute atomic E-state index is 0.356. The molecule has 0 bridgehead atoms. The summed E-state index contributed by atoms with van der Waals surface area (Å²) in [6.07, 6.45) is 3.34. The van der Waals surface area contributed by atoms with Crippen LogP contribution in [0.25, 0.3) is 22.3 Å². The van der Waals surface area contributed by atoms with Crippen molar-refractivity contribution in [3.63, 3.8) is 0 Å². The normalized spacial score (nSPS) is 11.0. The van der Waals surface area contributed by atoms with Crippen molar-refractivity contribution in [1.29, 1.82) is 0 Å². The molecule has 3 aromatic rings. The molecule has 0 aliphatic rings. The number of halogens is 7. The van der Waals surface area contributed by atoms with Crippen molar-refractivity contribution in [3.8, 4) is 22.3 Å². The maximum absolute atomic E-state index is 6.37. The van der Waals surface area contributed by atoms with Crippen LogP contribution in [-0.4, -0.2) is 4.98 Å². The Balaban J connectivity index is 2.32. The van der Waals surface area contributed by atoms with Crippen LogP contribution in [0.15, 0.2) is 36.7 Å². The Morgan fingerprint density at radius 1 is 0.600 bits per heavy atom. The van der Waals surface area contributed by atoms with E-state index in [4.69, 9.17) is 69.6 Å². The van der Waals surface area contributed by atoms with Gasteiger partial charge in [-0.25, -0.2) is 0 Å². The molecule has 0 aliphatic carbocycles. The fourth-order valence-electron chi connectivity index (χ4n) is 2.34. The van der Waals surface area contributed by atoms with E-state index < -0.39 is 0 Å². The molecular weight excluding hydrogens is 558 g/mol. The second kappa shape index (κ2) is 7.97. The highest BCUT2D eigenvalue weighted by Crippen LogP contribution is 2.45. The van der Waals surface area contributed by atoms with Gasteiger partial charge in [0.25, 0.3) is 0 Å². The van der Waals surface area contributed by atoms with E-state index in [2.05, 4.69) is 27.6 Å². The zero-order valence-electron chi connectivity index (χ0n) is 12.1. The summed E-state index contributed by atoms with van der Waals surface area (Å²) in [5.41, 5.74) is 2.65. The number of rotatable bonds is 2. The first-order valence-electron chi connectivity index (χ1n) is 6.74. The molecule has 1 aromatic heterocycles. The van der Waals surface area contributed by atoms with Crippen molar-refractivity contribution in [2.75, 3.05) is 0 Å². The smallest absolute Gasteiger partial charge is 0.0686 e. The third-order valence-corrected chi connectivity index (χ3v) is 6.91. The van der Waals surface area contributed by atoms with Gasteiger partial charge >= 0.3 is 0 Å². The van der Waals surface area contributed by atoms with Crippen LogP contribution in [-0.2, 0) is 0 Å². The van der Waals surface area contributed by atoms with Gasteiger partial charge in [-0.05, 0) is 46.9 Å². The summed E-state index contributed by atoms with van der Waals surface area (Å²) in [7, 11) is 0. The molecule has 0 aliphatic heterocycles.